The highest BCUT2D eigenvalue weighted by Crippen LogP contribution is 2.30. The van der Waals surface area contributed by atoms with Crippen LogP contribution in [0.2, 0.25) is 0 Å². The lowest BCUT2D eigenvalue weighted by molar-refractivity contribution is -0.142. The number of aryl methyl sites for hydroxylation is 1. The van der Waals surface area contributed by atoms with Gasteiger partial charge in [0.05, 0.1) is 12.7 Å². The molecule has 0 spiro atoms. The van der Waals surface area contributed by atoms with Crippen LogP contribution in [0.15, 0.2) is 24.9 Å². The molecule has 1 atom stereocenters. The van der Waals surface area contributed by atoms with Crippen LogP contribution in [0.25, 0.3) is 5.65 Å². The van der Waals surface area contributed by atoms with Gasteiger partial charge in [0.15, 0.2) is 5.65 Å². The highest BCUT2D eigenvalue weighted by Gasteiger charge is 2.35. The molecule has 1 N–H and O–H groups in total. The van der Waals surface area contributed by atoms with Gasteiger partial charge in [-0.15, -0.1) is 0 Å². The van der Waals surface area contributed by atoms with Gasteiger partial charge in [-0.3, -0.25) is 9.48 Å². The van der Waals surface area contributed by atoms with Crippen LogP contribution in [0.1, 0.15) is 28.7 Å². The van der Waals surface area contributed by atoms with Gasteiger partial charge < -0.3 is 5.32 Å². The van der Waals surface area contributed by atoms with Crippen molar-refractivity contribution < 1.29 is 18.0 Å². The largest absolute Gasteiger partial charge is 0.433 e. The van der Waals surface area contributed by atoms with Crippen LogP contribution in [0, 0.1) is 6.92 Å². The summed E-state index contributed by atoms with van der Waals surface area (Å²) in [6.45, 7) is 3.54. The summed E-state index contributed by atoms with van der Waals surface area (Å²) in [5.41, 5.74) is -1.01. The number of nitrogens with zero attached hydrogens (tertiary/aromatic N) is 6. The molecule has 0 radical (unpaired) electrons. The maximum atomic E-state index is 13.1. The molecule has 3 aromatic rings. The fourth-order valence-corrected chi connectivity index (χ4v) is 2.40. The monoisotopic (exact) mass is 353 g/mol. The summed E-state index contributed by atoms with van der Waals surface area (Å²) in [6.07, 6.45) is -0.662. The van der Waals surface area contributed by atoms with E-state index in [-0.39, 0.29) is 22.9 Å². The standard InChI is InChI=1S/C14H14F3N7O/c1-8-3-11(14(15,16)17)24-12(21-8)10(4-19-24)13(25)22-9(2)5-23-7-18-6-20-23/h3-4,6-7,9H,5H2,1-2H3,(H,22,25)/t9-/m0/s1. The molecule has 0 aliphatic heterocycles. The molecule has 3 aromatic heterocycles. The molecule has 0 saturated carbocycles. The second-order valence-electron chi connectivity index (χ2n) is 5.57. The van der Waals surface area contributed by atoms with Crippen molar-refractivity contribution in [3.63, 3.8) is 0 Å². The molecule has 0 fully saturated rings. The molecule has 0 aromatic carbocycles. The van der Waals surface area contributed by atoms with Gasteiger partial charge in [-0.05, 0) is 19.9 Å². The first-order valence-electron chi connectivity index (χ1n) is 7.31. The number of hydrogen-bond donors (Lipinski definition) is 1. The molecule has 132 valence electrons. The predicted molar refractivity (Wildman–Crippen MR) is 79.7 cm³/mol. The minimum atomic E-state index is -4.61. The molecule has 1 amide bonds. The van der Waals surface area contributed by atoms with Gasteiger partial charge >= 0.3 is 6.18 Å². The molecule has 0 bridgehead atoms. The molecular formula is C14H14F3N7O. The molecule has 0 aliphatic carbocycles. The number of amides is 1. The van der Waals surface area contributed by atoms with E-state index in [1.54, 1.807) is 6.92 Å². The van der Waals surface area contributed by atoms with Crippen molar-refractivity contribution in [2.75, 3.05) is 0 Å². The van der Waals surface area contributed by atoms with Crippen LogP contribution in [-0.4, -0.2) is 41.3 Å². The van der Waals surface area contributed by atoms with Crippen LogP contribution in [0.4, 0.5) is 13.2 Å². The second-order valence-corrected chi connectivity index (χ2v) is 5.57. The third-order valence-electron chi connectivity index (χ3n) is 3.44. The Morgan fingerprint density at radius 3 is 2.76 bits per heavy atom. The maximum Gasteiger partial charge on any atom is 0.433 e. The van der Waals surface area contributed by atoms with E-state index in [1.165, 1.54) is 24.3 Å². The van der Waals surface area contributed by atoms with Gasteiger partial charge in [0.2, 0.25) is 0 Å². The molecule has 25 heavy (non-hydrogen) atoms. The summed E-state index contributed by atoms with van der Waals surface area (Å²) in [5.74, 6) is -0.561. The van der Waals surface area contributed by atoms with Gasteiger partial charge in [0.25, 0.3) is 5.91 Å². The first-order valence-corrected chi connectivity index (χ1v) is 7.31. The van der Waals surface area contributed by atoms with E-state index in [4.69, 9.17) is 0 Å². The molecule has 0 aliphatic rings. The van der Waals surface area contributed by atoms with Gasteiger partial charge in [0, 0.05) is 11.7 Å². The Kier molecular flexibility index (Phi) is 4.15. The zero-order valence-electron chi connectivity index (χ0n) is 13.3. The lowest BCUT2D eigenvalue weighted by atomic mass is 10.2. The SMILES string of the molecule is Cc1cc(C(F)(F)F)n2ncc(C(=O)N[C@@H](C)Cn3cncn3)c2n1. The number of hydrogen-bond acceptors (Lipinski definition) is 5. The quantitative estimate of drug-likeness (QED) is 0.767. The summed E-state index contributed by atoms with van der Waals surface area (Å²) in [4.78, 5) is 20.2. The van der Waals surface area contributed by atoms with E-state index in [2.05, 4.69) is 25.5 Å². The zero-order valence-corrected chi connectivity index (χ0v) is 13.3. The van der Waals surface area contributed by atoms with Crippen molar-refractivity contribution in [2.24, 2.45) is 0 Å². The minimum Gasteiger partial charge on any atom is -0.348 e. The second kappa shape index (κ2) is 6.15. The first kappa shape index (κ1) is 16.9. The smallest absolute Gasteiger partial charge is 0.348 e. The van der Waals surface area contributed by atoms with Crippen molar-refractivity contribution in [1.82, 2.24) is 34.7 Å². The molecule has 0 saturated heterocycles. The van der Waals surface area contributed by atoms with E-state index in [0.29, 0.717) is 11.1 Å². The number of rotatable bonds is 4. The summed E-state index contributed by atoms with van der Waals surface area (Å²) >= 11 is 0. The Labute approximate surface area is 139 Å². The van der Waals surface area contributed by atoms with Gasteiger partial charge in [-0.25, -0.2) is 14.5 Å². The Bertz CT molecular complexity index is 901. The van der Waals surface area contributed by atoms with E-state index in [0.717, 1.165) is 12.3 Å². The van der Waals surface area contributed by atoms with Crippen molar-refractivity contribution in [3.05, 3.63) is 41.9 Å². The fraction of sp³-hybridized carbons (Fsp3) is 0.357. The lowest BCUT2D eigenvalue weighted by Gasteiger charge is -2.13. The Morgan fingerprint density at radius 1 is 1.36 bits per heavy atom. The molecule has 3 rings (SSSR count). The number of fused-ring (bicyclic) bond motifs is 1. The number of alkyl halides is 3. The van der Waals surface area contributed by atoms with E-state index < -0.39 is 17.8 Å². The van der Waals surface area contributed by atoms with Crippen LogP contribution in [0.5, 0.6) is 0 Å². The summed E-state index contributed by atoms with van der Waals surface area (Å²) < 4.78 is 41.5. The number of carbonyl (C=O) groups excluding carboxylic acids is 1. The van der Waals surface area contributed by atoms with Crippen LogP contribution >= 0.6 is 0 Å². The van der Waals surface area contributed by atoms with Gasteiger partial charge in [-0.2, -0.15) is 23.4 Å². The average Bonchev–Trinajstić information content (AvgIpc) is 3.14. The molecule has 3 heterocycles. The van der Waals surface area contributed by atoms with Crippen molar-refractivity contribution in [2.45, 2.75) is 32.6 Å². The topological polar surface area (TPSA) is 90.0 Å². The van der Waals surface area contributed by atoms with Crippen LogP contribution < -0.4 is 5.32 Å². The normalized spacial score (nSPS) is 13.2. The van der Waals surface area contributed by atoms with E-state index in [1.807, 2.05) is 0 Å². The van der Waals surface area contributed by atoms with Crippen LogP contribution in [0.3, 0.4) is 0 Å². The highest BCUT2D eigenvalue weighted by molar-refractivity contribution is 5.99. The number of halogens is 3. The number of nitrogens with one attached hydrogen (secondary N) is 1. The average molecular weight is 353 g/mol. The molecule has 11 heteroatoms. The zero-order chi connectivity index (χ0) is 18.2. The third kappa shape index (κ3) is 3.44. The summed E-state index contributed by atoms with van der Waals surface area (Å²) in [7, 11) is 0. The summed E-state index contributed by atoms with van der Waals surface area (Å²) in [6, 6.07) is 0.561. The van der Waals surface area contributed by atoms with E-state index in [9.17, 15) is 18.0 Å². The number of aromatic nitrogens is 6. The number of carbonyl (C=O) groups is 1. The summed E-state index contributed by atoms with van der Waals surface area (Å²) in [5, 5.41) is 10.3. The maximum absolute atomic E-state index is 13.1. The highest BCUT2D eigenvalue weighted by atomic mass is 19.4. The van der Waals surface area contributed by atoms with Crippen molar-refractivity contribution >= 4 is 11.6 Å². The van der Waals surface area contributed by atoms with Crippen molar-refractivity contribution in [1.29, 1.82) is 0 Å². The Hall–Kier alpha value is -2.98. The van der Waals surface area contributed by atoms with Gasteiger partial charge in [-0.1, -0.05) is 0 Å². The van der Waals surface area contributed by atoms with Crippen molar-refractivity contribution in [3.8, 4) is 0 Å². The first-order chi connectivity index (χ1) is 11.8. The van der Waals surface area contributed by atoms with Crippen LogP contribution in [-0.2, 0) is 12.7 Å². The molecule has 0 unspecified atom stereocenters. The Balaban J connectivity index is 1.88. The fourth-order valence-electron chi connectivity index (χ4n) is 2.40. The van der Waals surface area contributed by atoms with E-state index >= 15 is 0 Å². The predicted octanol–water partition coefficient (Wildman–Crippen LogP) is 1.47. The van der Waals surface area contributed by atoms with Gasteiger partial charge in [0.1, 0.15) is 23.9 Å². The lowest BCUT2D eigenvalue weighted by Crippen LogP contribution is -2.35. The minimum absolute atomic E-state index is 0.0281. The third-order valence-corrected chi connectivity index (χ3v) is 3.44. The molecular weight excluding hydrogens is 339 g/mol. The Morgan fingerprint density at radius 2 is 2.12 bits per heavy atom. The molecule has 8 nitrogen and oxygen atoms in total.